The number of nitrogens with two attached hydrogens (primary N) is 3. The highest BCUT2D eigenvalue weighted by molar-refractivity contribution is 7.57. The van der Waals surface area contributed by atoms with Crippen LogP contribution in [0.15, 0.2) is 84.3 Å². The van der Waals surface area contributed by atoms with E-state index >= 15 is 18.3 Å². The molecule has 0 spiro atoms. The van der Waals surface area contributed by atoms with Crippen LogP contribution in [0.25, 0.3) is 22.2 Å². The first-order valence-corrected chi connectivity index (χ1v) is 44.5. The molecule has 7 aromatic rings. The average molecular weight is 1710 g/mol. The molecule has 0 amide bonds. The maximum absolute atomic E-state index is 16.3. The zero-order valence-electron chi connectivity index (χ0n) is 66.2. The first-order chi connectivity index (χ1) is 54.2. The van der Waals surface area contributed by atoms with E-state index in [0.29, 0.717) is 16.7 Å². The number of fused-ring (bicyclic) bond motifs is 2. The molecule has 5 aliphatic heterocycles. The third-order valence-electron chi connectivity index (χ3n) is 20.2. The van der Waals surface area contributed by atoms with Gasteiger partial charge in [0.05, 0.1) is 114 Å². The van der Waals surface area contributed by atoms with Crippen molar-refractivity contribution in [1.29, 1.82) is 0 Å². The minimum Gasteiger partial charge on any atom is -0.397 e. The van der Waals surface area contributed by atoms with Gasteiger partial charge in [0.2, 0.25) is 5.95 Å². The minimum atomic E-state index is -4.46. The first-order valence-electron chi connectivity index (χ1n) is 36.8. The molecule has 51 heteroatoms. The number of aromatic amines is 3. The number of benzene rings is 1. The highest BCUT2D eigenvalue weighted by Gasteiger charge is 2.51. The second kappa shape index (κ2) is 35.1. The van der Waals surface area contributed by atoms with E-state index in [-0.39, 0.29) is 113 Å². The molecule has 12 rings (SSSR count). The predicted molar refractivity (Wildman–Crippen MR) is 422 cm³/mol. The Morgan fingerprint density at radius 2 is 0.878 bits per heavy atom. The summed E-state index contributed by atoms with van der Waals surface area (Å²) in [6.45, 7) is 3.09. The Kier molecular flexibility index (Phi) is 26.7. The highest BCUT2D eigenvalue weighted by Crippen LogP contribution is 2.60. The van der Waals surface area contributed by atoms with Gasteiger partial charge in [0.15, 0.2) is 29.8 Å². The Morgan fingerprint density at radius 3 is 1.31 bits per heavy atom. The van der Waals surface area contributed by atoms with E-state index in [2.05, 4.69) is 40.2 Å². The summed E-state index contributed by atoms with van der Waals surface area (Å²) in [6, 6.07) is 6.61. The van der Waals surface area contributed by atoms with E-state index in [1.807, 2.05) is 0 Å². The van der Waals surface area contributed by atoms with Gasteiger partial charge in [-0.05, 0) is 103 Å². The molecular weight excluding hydrogens is 1610 g/mol. The van der Waals surface area contributed by atoms with Crippen molar-refractivity contribution in [2.75, 3.05) is 186 Å². The summed E-state index contributed by atoms with van der Waals surface area (Å²) in [6.07, 6.45) is -3.94. The number of hydrogen-bond donors (Lipinski definition) is 7. The van der Waals surface area contributed by atoms with Gasteiger partial charge in [-0.25, -0.2) is 66.4 Å². The molecule has 5 fully saturated rings. The number of hydrogen-bond acceptors (Lipinski definition) is 29. The van der Waals surface area contributed by atoms with Crippen LogP contribution in [0.3, 0.4) is 0 Å². The van der Waals surface area contributed by atoms with Crippen LogP contribution in [0.5, 0.6) is 0 Å². The summed E-state index contributed by atoms with van der Waals surface area (Å²) in [5.74, 6) is -0.224. The van der Waals surface area contributed by atoms with Crippen LogP contribution in [0.4, 0.5) is 17.5 Å². The molecule has 10 N–H and O–H groups in total. The quantitative estimate of drug-likeness (QED) is 0.0245. The van der Waals surface area contributed by atoms with Gasteiger partial charge in [0.1, 0.15) is 23.8 Å². The number of H-pyrrole nitrogens is 3. The summed E-state index contributed by atoms with van der Waals surface area (Å²) in [5.41, 5.74) is 15.4. The van der Waals surface area contributed by atoms with Gasteiger partial charge >= 0.3 is 47.8 Å². The number of nitrogens with zero attached hydrogens (tertiary/aromatic N) is 18. The third-order valence-corrected chi connectivity index (χ3v) is 33.3. The molecule has 5 saturated heterocycles. The predicted octanol–water partition coefficient (Wildman–Crippen LogP) is 1.10. The molecule has 0 bridgehead atoms. The van der Waals surface area contributed by atoms with Gasteiger partial charge in [0, 0.05) is 74.6 Å². The van der Waals surface area contributed by atoms with E-state index in [0.717, 1.165) is 13.7 Å². The fourth-order valence-electron chi connectivity index (χ4n) is 14.1. The second-order valence-corrected chi connectivity index (χ2v) is 43.3. The summed E-state index contributed by atoms with van der Waals surface area (Å²) in [7, 11) is -5.34. The third kappa shape index (κ3) is 18.3. The molecule has 5 aliphatic rings. The molecule has 1 aromatic carbocycles. The molecule has 11 heterocycles. The zero-order valence-corrected chi connectivity index (χ0v) is 70.7. The summed E-state index contributed by atoms with van der Waals surface area (Å²) < 4.78 is 164. The standard InChI is InChI=1S/C64H102N25O21P5/c1-39(2)111(96,76(5)6)101-33-43-24-82(29-52(108-43)86-22-40(3)58(90)74-63(86)94)114(99,79(11)12)103-34-44-25-81(28-51(107-44)85-19-18-49(66)71-62(85)93)113(98,78(9)10)104-35-45-26-83(30-53(109-45)87-23-41(4)59(91)75-64(87)95)115(100,80(13)14)105-36-46-27-84(31-54(110-46)88-37-69-55-47(65)16-15-17-48(55)88)112(97,77(7)8)102-32-42-20-68-21-50(106-42)89-38-70-56-57(89)72-61(67)73-60(56)92/h15-19,22-23,37-39,42-46,50-54,68H,20-21,24-36,65H2,1-14H3,(H2,66,71,93)(H,74,90,94)(H,75,91,95)(H3,67,72,73,92). The van der Waals surface area contributed by atoms with E-state index in [1.165, 1.54) is 124 Å². The molecule has 0 radical (unpaired) electrons. The normalized spacial score (nSPS) is 26.1. The SMILES string of the molecule is Cc1cn(C2CN(P(=O)(OCC3CN(P(=O)(OCC4CN(P(=O)(OCC5CN(P(=O)(OCC6CNCC(n7cnc8c(=O)[nH]c(N)nc87)O6)N(C)C)CC(n6cnc7c(N)cccc76)O5)N(C)C)CC(n5cc(C)c(=O)[nH]c5=O)O4)N(C)C)CC(n4ccc(N)nc4=O)O3)N(C)C)CC(COP(=O)(C(C)C)N(C)C)O2)c(=O)[nH]c1=O. The number of ether oxygens (including phenoxy) is 5. The Labute approximate surface area is 659 Å². The van der Waals surface area contributed by atoms with Crippen LogP contribution >= 0.6 is 38.2 Å². The lowest BCUT2D eigenvalue weighted by molar-refractivity contribution is -0.132. The van der Waals surface area contributed by atoms with Crippen molar-refractivity contribution in [1.82, 2.24) is 105 Å². The molecule has 6 aromatic heterocycles. The van der Waals surface area contributed by atoms with Crippen molar-refractivity contribution < 1.29 is 69.1 Å². The second-order valence-electron chi connectivity index (χ2n) is 29.7. The topological polar surface area (TPSA) is 523 Å². The monoisotopic (exact) mass is 1710 g/mol. The average Bonchev–Trinajstić information content (AvgIpc) is 1.75. The Balaban J connectivity index is 0.813. The van der Waals surface area contributed by atoms with E-state index in [9.17, 15) is 33.3 Å². The number of nitrogen functional groups attached to an aromatic ring is 3. The molecule has 15 atom stereocenters. The molecule has 0 aliphatic carbocycles. The van der Waals surface area contributed by atoms with Gasteiger partial charge in [0.25, 0.3) is 24.2 Å². The number of aromatic nitrogens is 12. The van der Waals surface area contributed by atoms with Crippen LogP contribution in [0, 0.1) is 13.8 Å². The van der Waals surface area contributed by atoms with Crippen LogP contribution in [-0.4, -0.2) is 305 Å². The molecule has 0 saturated carbocycles. The summed E-state index contributed by atoms with van der Waals surface area (Å²) in [5, 5.41) is 3.31. The van der Waals surface area contributed by atoms with Crippen molar-refractivity contribution in [3.63, 3.8) is 0 Å². The fraction of sp³-hybridized carbons (Fsp3) is 0.625. The van der Waals surface area contributed by atoms with Crippen molar-refractivity contribution in [3.8, 4) is 0 Å². The Bertz CT molecular complexity index is 5310. The van der Waals surface area contributed by atoms with Gasteiger partial charge in [-0.3, -0.25) is 70.4 Å². The van der Waals surface area contributed by atoms with Crippen LogP contribution < -0.4 is 56.3 Å². The van der Waals surface area contributed by atoms with Crippen LogP contribution in [0.2, 0.25) is 0 Å². The lowest BCUT2D eigenvalue weighted by atomic mass is 10.2. The van der Waals surface area contributed by atoms with Crippen molar-refractivity contribution in [3.05, 3.63) is 129 Å². The first kappa shape index (κ1) is 87.3. The van der Waals surface area contributed by atoms with Gasteiger partial charge in [-0.15, -0.1) is 0 Å². The van der Waals surface area contributed by atoms with Gasteiger partial charge in [-0.1, -0.05) is 19.9 Å². The van der Waals surface area contributed by atoms with Gasteiger partial charge < -0.3 is 73.4 Å². The minimum absolute atomic E-state index is 0.0541. The van der Waals surface area contributed by atoms with Crippen molar-refractivity contribution in [2.45, 2.75) is 95.0 Å². The summed E-state index contributed by atoms with van der Waals surface area (Å²) >= 11 is 0. The van der Waals surface area contributed by atoms with Crippen LogP contribution in [-0.2, 0) is 69.1 Å². The maximum atomic E-state index is 16.3. The molecule has 15 unspecified atom stereocenters. The lowest BCUT2D eigenvalue weighted by Gasteiger charge is -2.46. The number of aryl methyl sites for hydroxylation is 2. The van der Waals surface area contributed by atoms with Crippen LogP contribution in [0.1, 0.15) is 56.1 Å². The lowest BCUT2D eigenvalue weighted by Crippen LogP contribution is -2.52. The maximum Gasteiger partial charge on any atom is 0.351 e. The summed E-state index contributed by atoms with van der Waals surface area (Å²) in [4.78, 5) is 104. The van der Waals surface area contributed by atoms with E-state index < -0.39 is 159 Å². The van der Waals surface area contributed by atoms with E-state index in [1.54, 1.807) is 80.4 Å². The number of para-hydroxylation sites is 1. The number of morpholine rings is 5. The molecular formula is C64H102N25O21P5. The fourth-order valence-corrected chi connectivity index (χ4v) is 23.9. The molecule has 46 nitrogen and oxygen atoms in total. The number of imidazole rings is 2. The molecule has 634 valence electrons. The van der Waals surface area contributed by atoms with Crippen molar-refractivity contribution in [2.24, 2.45) is 0 Å². The highest BCUT2D eigenvalue weighted by atomic mass is 31.2. The van der Waals surface area contributed by atoms with Gasteiger partial charge in [-0.2, -0.15) is 9.97 Å². The van der Waals surface area contributed by atoms with Crippen molar-refractivity contribution >= 4 is 77.9 Å². The molecule has 115 heavy (non-hydrogen) atoms. The Morgan fingerprint density at radius 1 is 0.470 bits per heavy atom. The smallest absolute Gasteiger partial charge is 0.351 e. The number of nitrogens with one attached hydrogen (secondary N) is 4. The van der Waals surface area contributed by atoms with E-state index in [4.69, 9.17) is 63.5 Å². The zero-order chi connectivity index (χ0) is 83.3. The Hall–Kier alpha value is -6.97. The number of anilines is 3. The number of rotatable bonds is 30. The largest absolute Gasteiger partial charge is 0.397 e.